The van der Waals surface area contributed by atoms with Crippen LogP contribution in [0.25, 0.3) is 0 Å². The third kappa shape index (κ3) is 2.93. The van der Waals surface area contributed by atoms with Gasteiger partial charge in [-0.2, -0.15) is 0 Å². The first kappa shape index (κ1) is 13.1. The van der Waals surface area contributed by atoms with Gasteiger partial charge < -0.3 is 4.90 Å². The molecule has 1 amide bonds. The van der Waals surface area contributed by atoms with Gasteiger partial charge in [0.05, 0.1) is 12.2 Å². The van der Waals surface area contributed by atoms with E-state index in [1.807, 2.05) is 6.92 Å². The minimum absolute atomic E-state index is 0.171. The summed E-state index contributed by atoms with van der Waals surface area (Å²) in [5, 5.41) is 0. The van der Waals surface area contributed by atoms with Crippen LogP contribution in [-0.4, -0.2) is 27.8 Å². The number of amides is 1. The van der Waals surface area contributed by atoms with E-state index in [-0.39, 0.29) is 17.8 Å². The molecule has 98 valence electrons. The quantitative estimate of drug-likeness (QED) is 0.850. The summed E-state index contributed by atoms with van der Waals surface area (Å²) in [4.78, 5) is 21.6. The minimum Gasteiger partial charge on any atom is -0.334 e. The Morgan fingerprint density at radius 3 is 2.53 bits per heavy atom. The maximum absolute atomic E-state index is 12.9. The van der Waals surface area contributed by atoms with Gasteiger partial charge in [-0.25, -0.2) is 9.37 Å². The third-order valence-corrected chi connectivity index (χ3v) is 3.04. The molecular formula is C14H14FN3O. The van der Waals surface area contributed by atoms with Gasteiger partial charge in [0, 0.05) is 19.4 Å². The molecule has 1 atom stereocenters. The fraction of sp³-hybridized carbons (Fsp3) is 0.214. The zero-order valence-corrected chi connectivity index (χ0v) is 10.7. The molecule has 0 bridgehead atoms. The van der Waals surface area contributed by atoms with Gasteiger partial charge in [0.2, 0.25) is 0 Å². The lowest BCUT2D eigenvalue weighted by atomic mass is 10.1. The van der Waals surface area contributed by atoms with Crippen LogP contribution < -0.4 is 0 Å². The summed E-state index contributed by atoms with van der Waals surface area (Å²) in [7, 11) is 1.69. The van der Waals surface area contributed by atoms with Crippen molar-refractivity contribution in [2.24, 2.45) is 0 Å². The molecule has 4 nitrogen and oxygen atoms in total. The van der Waals surface area contributed by atoms with Crippen LogP contribution in [0.2, 0.25) is 0 Å². The summed E-state index contributed by atoms with van der Waals surface area (Å²) >= 11 is 0. The van der Waals surface area contributed by atoms with E-state index >= 15 is 0 Å². The van der Waals surface area contributed by atoms with Crippen molar-refractivity contribution in [1.82, 2.24) is 14.9 Å². The Morgan fingerprint density at radius 2 is 1.95 bits per heavy atom. The number of rotatable bonds is 3. The Hall–Kier alpha value is -2.30. The smallest absolute Gasteiger partial charge is 0.274 e. The van der Waals surface area contributed by atoms with Gasteiger partial charge >= 0.3 is 0 Å². The van der Waals surface area contributed by atoms with Gasteiger partial charge in [-0.15, -0.1) is 0 Å². The Kier molecular flexibility index (Phi) is 3.85. The molecule has 0 aliphatic rings. The number of nitrogens with zero attached hydrogens (tertiary/aromatic N) is 3. The summed E-state index contributed by atoms with van der Waals surface area (Å²) in [6.45, 7) is 1.88. The third-order valence-electron chi connectivity index (χ3n) is 3.04. The standard InChI is InChI=1S/C14H14FN3O/c1-10(11-3-5-12(15)6-4-11)18(2)14(19)13-9-16-7-8-17-13/h3-10H,1-2H3. The highest BCUT2D eigenvalue weighted by Crippen LogP contribution is 2.20. The van der Waals surface area contributed by atoms with Crippen LogP contribution in [0.5, 0.6) is 0 Å². The van der Waals surface area contributed by atoms with Gasteiger partial charge in [-0.05, 0) is 24.6 Å². The van der Waals surface area contributed by atoms with Crippen LogP contribution in [-0.2, 0) is 0 Å². The van der Waals surface area contributed by atoms with E-state index in [9.17, 15) is 9.18 Å². The van der Waals surface area contributed by atoms with Gasteiger partial charge in [0.15, 0.2) is 0 Å². The minimum atomic E-state index is -0.293. The molecule has 2 rings (SSSR count). The average Bonchev–Trinajstić information content (AvgIpc) is 2.46. The molecule has 0 aliphatic heterocycles. The number of benzene rings is 1. The van der Waals surface area contributed by atoms with Crippen molar-refractivity contribution in [2.75, 3.05) is 7.05 Å². The Labute approximate surface area is 110 Å². The van der Waals surface area contributed by atoms with Crippen molar-refractivity contribution in [2.45, 2.75) is 13.0 Å². The molecule has 1 aromatic heterocycles. The molecule has 1 heterocycles. The summed E-state index contributed by atoms with van der Waals surface area (Å²) in [6, 6.07) is 5.93. The van der Waals surface area contributed by atoms with Crippen molar-refractivity contribution in [1.29, 1.82) is 0 Å². The second-order valence-corrected chi connectivity index (χ2v) is 4.23. The van der Waals surface area contributed by atoms with Gasteiger partial charge in [-0.1, -0.05) is 12.1 Å². The highest BCUT2D eigenvalue weighted by atomic mass is 19.1. The molecule has 5 heteroatoms. The maximum atomic E-state index is 12.9. The van der Waals surface area contributed by atoms with Crippen molar-refractivity contribution in [3.8, 4) is 0 Å². The number of halogens is 1. The van der Waals surface area contributed by atoms with E-state index < -0.39 is 0 Å². The van der Waals surface area contributed by atoms with Crippen molar-refractivity contribution < 1.29 is 9.18 Å². The molecule has 0 N–H and O–H groups in total. The molecular weight excluding hydrogens is 245 g/mol. The number of hydrogen-bond acceptors (Lipinski definition) is 3. The summed E-state index contributed by atoms with van der Waals surface area (Å²) in [5.41, 5.74) is 1.15. The molecule has 0 aliphatic carbocycles. The predicted octanol–water partition coefficient (Wildman–Crippen LogP) is 2.45. The molecule has 1 unspecified atom stereocenters. The Balaban J connectivity index is 2.17. The van der Waals surface area contributed by atoms with Crippen LogP contribution in [0.3, 0.4) is 0 Å². The summed E-state index contributed by atoms with van der Waals surface area (Å²) in [5.74, 6) is -0.510. The second-order valence-electron chi connectivity index (χ2n) is 4.23. The van der Waals surface area contributed by atoms with Gasteiger partial charge in [-0.3, -0.25) is 9.78 Å². The SMILES string of the molecule is CC(c1ccc(F)cc1)N(C)C(=O)c1cnccn1. The number of carbonyl (C=O) groups is 1. The molecule has 19 heavy (non-hydrogen) atoms. The summed E-state index contributed by atoms with van der Waals surface area (Å²) in [6.07, 6.45) is 4.42. The van der Waals surface area contributed by atoms with Crippen molar-refractivity contribution >= 4 is 5.91 Å². The lowest BCUT2D eigenvalue weighted by Gasteiger charge is -2.24. The number of aromatic nitrogens is 2. The van der Waals surface area contributed by atoms with Crippen LogP contribution in [0.4, 0.5) is 4.39 Å². The monoisotopic (exact) mass is 259 g/mol. The van der Waals surface area contributed by atoms with E-state index in [0.29, 0.717) is 5.69 Å². The first-order valence-corrected chi connectivity index (χ1v) is 5.88. The van der Waals surface area contributed by atoms with E-state index in [1.54, 1.807) is 24.1 Å². The number of carbonyl (C=O) groups excluding carboxylic acids is 1. The van der Waals surface area contributed by atoms with Gasteiger partial charge in [0.25, 0.3) is 5.91 Å². The Morgan fingerprint density at radius 1 is 1.26 bits per heavy atom. The largest absolute Gasteiger partial charge is 0.334 e. The molecule has 2 aromatic rings. The molecule has 0 radical (unpaired) electrons. The fourth-order valence-electron chi connectivity index (χ4n) is 1.73. The topological polar surface area (TPSA) is 46.1 Å². The second kappa shape index (κ2) is 5.56. The molecule has 0 saturated carbocycles. The molecule has 0 fully saturated rings. The van der Waals surface area contributed by atoms with E-state index in [2.05, 4.69) is 9.97 Å². The normalized spacial score (nSPS) is 11.9. The van der Waals surface area contributed by atoms with E-state index in [1.165, 1.54) is 30.7 Å². The highest BCUT2D eigenvalue weighted by molar-refractivity contribution is 5.92. The van der Waals surface area contributed by atoms with Crippen LogP contribution in [0.15, 0.2) is 42.9 Å². The lowest BCUT2D eigenvalue weighted by Crippen LogP contribution is -2.30. The first-order chi connectivity index (χ1) is 9.09. The maximum Gasteiger partial charge on any atom is 0.274 e. The fourth-order valence-corrected chi connectivity index (χ4v) is 1.73. The van der Waals surface area contributed by atoms with Crippen LogP contribution >= 0.6 is 0 Å². The number of hydrogen-bond donors (Lipinski definition) is 0. The highest BCUT2D eigenvalue weighted by Gasteiger charge is 2.19. The van der Waals surface area contributed by atoms with E-state index in [0.717, 1.165) is 5.56 Å². The molecule has 0 saturated heterocycles. The Bertz CT molecular complexity index is 557. The zero-order chi connectivity index (χ0) is 13.8. The summed E-state index contributed by atoms with van der Waals surface area (Å²) < 4.78 is 12.9. The van der Waals surface area contributed by atoms with E-state index in [4.69, 9.17) is 0 Å². The van der Waals surface area contributed by atoms with Gasteiger partial charge in [0.1, 0.15) is 11.5 Å². The first-order valence-electron chi connectivity index (χ1n) is 5.88. The van der Waals surface area contributed by atoms with Crippen molar-refractivity contribution in [3.63, 3.8) is 0 Å². The predicted molar refractivity (Wildman–Crippen MR) is 68.9 cm³/mol. The molecule has 0 spiro atoms. The average molecular weight is 259 g/mol. The van der Waals surface area contributed by atoms with Crippen LogP contribution in [0, 0.1) is 5.82 Å². The van der Waals surface area contributed by atoms with Crippen molar-refractivity contribution in [3.05, 3.63) is 59.9 Å². The lowest BCUT2D eigenvalue weighted by molar-refractivity contribution is 0.0736. The molecule has 1 aromatic carbocycles. The zero-order valence-electron chi connectivity index (χ0n) is 10.7. The van der Waals surface area contributed by atoms with Crippen LogP contribution in [0.1, 0.15) is 29.0 Å².